The van der Waals surface area contributed by atoms with Crippen molar-refractivity contribution in [2.75, 3.05) is 7.05 Å². The average Bonchev–Trinajstić information content (AvgIpc) is 2.40. The van der Waals surface area contributed by atoms with E-state index in [4.69, 9.17) is 11.6 Å². The van der Waals surface area contributed by atoms with E-state index in [0.717, 1.165) is 14.5 Å². The molecule has 112 valence electrons. The third kappa shape index (κ3) is 3.87. The molecule has 0 unspecified atom stereocenters. The molecule has 0 aliphatic carbocycles. The highest BCUT2D eigenvalue weighted by Gasteiger charge is 2.24. The Morgan fingerprint density at radius 3 is 2.43 bits per heavy atom. The summed E-state index contributed by atoms with van der Waals surface area (Å²) in [5, 5.41) is 0.198. The van der Waals surface area contributed by atoms with E-state index < -0.39 is 10.0 Å². The Morgan fingerprint density at radius 1 is 1.14 bits per heavy atom. The standard InChI is InChI=1S/C14H12Br2ClNO2S/c1-18(9-10-4-2-3-5-12(10)16)21(19,20)14-7-6-11(15)8-13(14)17/h2-8H,9H2,1H3. The van der Waals surface area contributed by atoms with E-state index in [9.17, 15) is 8.42 Å². The van der Waals surface area contributed by atoms with Gasteiger partial charge in [0.25, 0.3) is 0 Å². The third-order valence-corrected chi connectivity index (χ3v) is 6.49. The Hall–Kier alpha value is -0.400. The minimum atomic E-state index is -3.64. The van der Waals surface area contributed by atoms with E-state index >= 15 is 0 Å². The van der Waals surface area contributed by atoms with Gasteiger partial charge in [0, 0.05) is 22.5 Å². The molecule has 2 rings (SSSR count). The fraction of sp³-hybridized carbons (Fsp3) is 0.143. The lowest BCUT2D eigenvalue weighted by Crippen LogP contribution is -2.26. The Labute approximate surface area is 146 Å². The van der Waals surface area contributed by atoms with Crippen molar-refractivity contribution in [2.45, 2.75) is 11.4 Å². The summed E-state index contributed by atoms with van der Waals surface area (Å²) >= 11 is 12.7. The van der Waals surface area contributed by atoms with Gasteiger partial charge in [-0.25, -0.2) is 8.42 Å². The summed E-state index contributed by atoms with van der Waals surface area (Å²) in [6.45, 7) is 0.260. The van der Waals surface area contributed by atoms with Crippen molar-refractivity contribution in [2.24, 2.45) is 0 Å². The molecule has 21 heavy (non-hydrogen) atoms. The highest BCUT2D eigenvalue weighted by molar-refractivity contribution is 9.10. The molecular formula is C14H12Br2ClNO2S. The fourth-order valence-corrected chi connectivity index (χ4v) is 4.37. The molecule has 0 atom stereocenters. The molecule has 0 saturated heterocycles. The van der Waals surface area contributed by atoms with Crippen LogP contribution in [-0.4, -0.2) is 19.8 Å². The lowest BCUT2D eigenvalue weighted by atomic mass is 10.2. The van der Waals surface area contributed by atoms with Crippen molar-refractivity contribution in [1.82, 2.24) is 4.31 Å². The van der Waals surface area contributed by atoms with Crippen LogP contribution in [-0.2, 0) is 16.6 Å². The van der Waals surface area contributed by atoms with Crippen molar-refractivity contribution >= 4 is 53.5 Å². The Balaban J connectivity index is 2.33. The lowest BCUT2D eigenvalue weighted by Gasteiger charge is -2.19. The summed E-state index contributed by atoms with van der Waals surface area (Å²) in [5.74, 6) is 0. The van der Waals surface area contributed by atoms with E-state index in [2.05, 4.69) is 31.9 Å². The van der Waals surface area contributed by atoms with Crippen LogP contribution in [0.4, 0.5) is 0 Å². The zero-order valence-corrected chi connectivity index (χ0v) is 15.8. The summed E-state index contributed by atoms with van der Waals surface area (Å²) in [6, 6.07) is 12.2. The highest BCUT2D eigenvalue weighted by Crippen LogP contribution is 2.28. The fourth-order valence-electron chi connectivity index (χ4n) is 1.80. The van der Waals surface area contributed by atoms with Crippen LogP contribution < -0.4 is 0 Å². The SMILES string of the molecule is CN(Cc1ccccc1Br)S(=O)(=O)c1ccc(Br)cc1Cl. The summed E-state index contributed by atoms with van der Waals surface area (Å²) in [5.41, 5.74) is 0.886. The third-order valence-electron chi connectivity index (χ3n) is 2.93. The van der Waals surface area contributed by atoms with Crippen molar-refractivity contribution in [3.8, 4) is 0 Å². The van der Waals surface area contributed by atoms with Crippen LogP contribution in [0.5, 0.6) is 0 Å². The molecule has 7 heteroatoms. The second-order valence-electron chi connectivity index (χ2n) is 4.43. The molecule has 0 aliphatic heterocycles. The van der Waals surface area contributed by atoms with Gasteiger partial charge < -0.3 is 0 Å². The van der Waals surface area contributed by atoms with Gasteiger partial charge in [-0.3, -0.25) is 0 Å². The summed E-state index contributed by atoms with van der Waals surface area (Å²) < 4.78 is 28.1. The molecule has 3 nitrogen and oxygen atoms in total. The molecular weight excluding hydrogens is 441 g/mol. The molecule has 0 N–H and O–H groups in total. The monoisotopic (exact) mass is 451 g/mol. The maximum Gasteiger partial charge on any atom is 0.244 e. The molecule has 2 aromatic rings. The molecule has 0 aliphatic rings. The van der Waals surface area contributed by atoms with Crippen LogP contribution in [0.25, 0.3) is 0 Å². The molecule has 0 spiro atoms. The number of rotatable bonds is 4. The molecule has 0 heterocycles. The average molecular weight is 454 g/mol. The first-order valence-corrected chi connectivity index (χ1v) is 9.37. The first-order valence-electron chi connectivity index (χ1n) is 5.97. The van der Waals surface area contributed by atoms with Crippen molar-refractivity contribution < 1.29 is 8.42 Å². The zero-order valence-electron chi connectivity index (χ0n) is 11.1. The molecule has 0 aromatic heterocycles. The van der Waals surface area contributed by atoms with Gasteiger partial charge in [0.1, 0.15) is 4.90 Å². The molecule has 0 bridgehead atoms. The van der Waals surface area contributed by atoms with Gasteiger partial charge in [-0.2, -0.15) is 4.31 Å². The number of hydrogen-bond acceptors (Lipinski definition) is 2. The van der Waals surface area contributed by atoms with Crippen LogP contribution in [0.1, 0.15) is 5.56 Å². The van der Waals surface area contributed by atoms with E-state index in [1.165, 1.54) is 17.4 Å². The second kappa shape index (κ2) is 6.79. The van der Waals surface area contributed by atoms with Crippen LogP contribution in [0.2, 0.25) is 5.02 Å². The van der Waals surface area contributed by atoms with Gasteiger partial charge in [-0.1, -0.05) is 61.7 Å². The van der Waals surface area contributed by atoms with Gasteiger partial charge in [-0.15, -0.1) is 0 Å². The topological polar surface area (TPSA) is 37.4 Å². The number of benzene rings is 2. The highest BCUT2D eigenvalue weighted by atomic mass is 79.9. The molecule has 0 amide bonds. The van der Waals surface area contributed by atoms with E-state index in [1.807, 2.05) is 24.3 Å². The number of halogens is 3. The Morgan fingerprint density at radius 2 is 1.81 bits per heavy atom. The zero-order chi connectivity index (χ0) is 15.6. The van der Waals surface area contributed by atoms with Gasteiger partial charge in [-0.05, 0) is 29.8 Å². The van der Waals surface area contributed by atoms with Crippen LogP contribution in [0, 0.1) is 0 Å². The number of hydrogen-bond donors (Lipinski definition) is 0. The smallest absolute Gasteiger partial charge is 0.207 e. The summed E-state index contributed by atoms with van der Waals surface area (Å²) in [4.78, 5) is 0.0990. The summed E-state index contributed by atoms with van der Waals surface area (Å²) in [6.07, 6.45) is 0. The van der Waals surface area contributed by atoms with E-state index in [-0.39, 0.29) is 16.5 Å². The van der Waals surface area contributed by atoms with Crippen molar-refractivity contribution in [3.63, 3.8) is 0 Å². The van der Waals surface area contributed by atoms with E-state index in [0.29, 0.717) is 0 Å². The Bertz CT molecular complexity index is 765. The quantitative estimate of drug-likeness (QED) is 0.674. The molecule has 2 aromatic carbocycles. The van der Waals surface area contributed by atoms with Gasteiger partial charge in [0.05, 0.1) is 5.02 Å². The van der Waals surface area contributed by atoms with Crippen molar-refractivity contribution in [1.29, 1.82) is 0 Å². The van der Waals surface area contributed by atoms with E-state index in [1.54, 1.807) is 12.1 Å². The van der Waals surface area contributed by atoms with Crippen LogP contribution in [0.3, 0.4) is 0 Å². The summed E-state index contributed by atoms with van der Waals surface area (Å²) in [7, 11) is -2.11. The molecule has 0 fully saturated rings. The van der Waals surface area contributed by atoms with Gasteiger partial charge in [0.2, 0.25) is 10.0 Å². The largest absolute Gasteiger partial charge is 0.244 e. The first-order chi connectivity index (χ1) is 9.82. The maximum absolute atomic E-state index is 12.6. The molecule has 0 saturated carbocycles. The Kier molecular flexibility index (Phi) is 5.48. The van der Waals surface area contributed by atoms with Gasteiger partial charge in [0.15, 0.2) is 0 Å². The number of nitrogens with zero attached hydrogens (tertiary/aromatic N) is 1. The minimum Gasteiger partial charge on any atom is -0.207 e. The van der Waals surface area contributed by atoms with Crippen LogP contribution in [0.15, 0.2) is 56.3 Å². The molecule has 0 radical (unpaired) electrons. The maximum atomic E-state index is 12.6. The normalized spacial score (nSPS) is 11.9. The minimum absolute atomic E-state index is 0.0990. The second-order valence-corrected chi connectivity index (χ2v) is 8.62. The predicted octanol–water partition coefficient (Wildman–Crippen LogP) is 4.69. The lowest BCUT2D eigenvalue weighted by molar-refractivity contribution is 0.466. The first kappa shape index (κ1) is 17.0. The van der Waals surface area contributed by atoms with Gasteiger partial charge >= 0.3 is 0 Å². The van der Waals surface area contributed by atoms with Crippen LogP contribution >= 0.6 is 43.5 Å². The number of sulfonamides is 1. The van der Waals surface area contributed by atoms with Crippen molar-refractivity contribution in [3.05, 3.63) is 62.0 Å². The predicted molar refractivity (Wildman–Crippen MR) is 91.9 cm³/mol.